The first kappa shape index (κ1) is 14.9. The van der Waals surface area contributed by atoms with Crippen molar-refractivity contribution in [2.24, 2.45) is 0 Å². The smallest absolute Gasteiger partial charge is 0.396 e. The van der Waals surface area contributed by atoms with Crippen molar-refractivity contribution in [2.75, 3.05) is 20.3 Å². The number of morpholine rings is 1. The molecule has 3 rings (SSSR count). The van der Waals surface area contributed by atoms with Gasteiger partial charge in [0, 0.05) is 6.54 Å². The number of thiazole rings is 1. The van der Waals surface area contributed by atoms with Gasteiger partial charge in [0.05, 0.1) is 41.6 Å². The van der Waals surface area contributed by atoms with Crippen LogP contribution in [0.3, 0.4) is 0 Å². The van der Waals surface area contributed by atoms with Crippen molar-refractivity contribution in [3.63, 3.8) is 0 Å². The van der Waals surface area contributed by atoms with Gasteiger partial charge >= 0.3 is 11.9 Å². The number of methoxy groups -OCH3 is 1. The molecule has 1 unspecified atom stereocenters. The summed E-state index contributed by atoms with van der Waals surface area (Å²) >= 11 is 1.56. The van der Waals surface area contributed by atoms with Crippen molar-refractivity contribution >= 4 is 33.4 Å². The van der Waals surface area contributed by atoms with Crippen LogP contribution >= 0.6 is 11.3 Å². The van der Waals surface area contributed by atoms with E-state index in [0.717, 1.165) is 15.8 Å². The average Bonchev–Trinajstić information content (AvgIpc) is 3.00. The standard InChI is InChI=1S/C15H16N2O4S/c1-9-6-17(14(18)15(19)20-2)12(7-21-9)10-3-4-13-11(5-10)16-8-22-13/h3-5,8-9,12H,6-7H2,1-2H3/t9-,12?/m1/s1. The summed E-state index contributed by atoms with van der Waals surface area (Å²) < 4.78 is 11.3. The van der Waals surface area contributed by atoms with Crippen LogP contribution in [0.15, 0.2) is 23.7 Å². The second-order valence-corrected chi connectivity index (χ2v) is 6.07. The van der Waals surface area contributed by atoms with Crippen molar-refractivity contribution in [1.82, 2.24) is 9.88 Å². The summed E-state index contributed by atoms with van der Waals surface area (Å²) in [6, 6.07) is 5.55. The first-order chi connectivity index (χ1) is 10.6. The molecule has 2 atom stereocenters. The molecule has 1 aromatic carbocycles. The first-order valence-electron chi connectivity index (χ1n) is 6.94. The summed E-state index contributed by atoms with van der Waals surface area (Å²) in [5, 5.41) is 0. The Kier molecular flexibility index (Phi) is 4.08. The largest absolute Gasteiger partial charge is 0.462 e. The summed E-state index contributed by atoms with van der Waals surface area (Å²) in [7, 11) is 1.21. The van der Waals surface area contributed by atoms with Crippen LogP contribution in [0.25, 0.3) is 10.2 Å². The third kappa shape index (κ3) is 2.69. The molecule has 2 aromatic rings. The van der Waals surface area contributed by atoms with Crippen molar-refractivity contribution in [3.05, 3.63) is 29.3 Å². The van der Waals surface area contributed by atoms with Crippen LogP contribution in [-0.2, 0) is 19.1 Å². The SMILES string of the molecule is COC(=O)C(=O)N1C[C@@H](C)OCC1c1ccc2scnc2c1. The number of aromatic nitrogens is 1. The maximum atomic E-state index is 12.3. The molecule has 7 heteroatoms. The van der Waals surface area contributed by atoms with Gasteiger partial charge in [-0.1, -0.05) is 6.07 Å². The minimum absolute atomic E-state index is 0.118. The fraction of sp³-hybridized carbons (Fsp3) is 0.400. The predicted octanol–water partition coefficient (Wildman–Crippen LogP) is 1.76. The summed E-state index contributed by atoms with van der Waals surface area (Å²) in [5.41, 5.74) is 3.57. The van der Waals surface area contributed by atoms with E-state index in [9.17, 15) is 9.59 Å². The Labute approximate surface area is 131 Å². The number of amides is 1. The van der Waals surface area contributed by atoms with Crippen LogP contribution in [0, 0.1) is 0 Å². The number of carbonyl (C=O) groups is 2. The molecule has 1 fully saturated rings. The number of hydrogen-bond donors (Lipinski definition) is 0. The van der Waals surface area contributed by atoms with Gasteiger partial charge in [-0.05, 0) is 24.6 Å². The van der Waals surface area contributed by atoms with E-state index in [2.05, 4.69) is 9.72 Å². The number of hydrogen-bond acceptors (Lipinski definition) is 6. The molecule has 1 saturated heterocycles. The van der Waals surface area contributed by atoms with E-state index in [1.807, 2.05) is 25.1 Å². The molecular formula is C15H16N2O4S. The van der Waals surface area contributed by atoms with Crippen LogP contribution < -0.4 is 0 Å². The number of esters is 1. The van der Waals surface area contributed by atoms with Gasteiger partial charge < -0.3 is 14.4 Å². The Morgan fingerprint density at radius 1 is 1.45 bits per heavy atom. The lowest BCUT2D eigenvalue weighted by atomic mass is 10.0. The van der Waals surface area contributed by atoms with E-state index in [4.69, 9.17) is 4.74 Å². The van der Waals surface area contributed by atoms with Gasteiger partial charge in [0.25, 0.3) is 0 Å². The fourth-order valence-electron chi connectivity index (χ4n) is 2.59. The average molecular weight is 320 g/mol. The highest BCUT2D eigenvalue weighted by atomic mass is 32.1. The molecule has 1 aromatic heterocycles. The minimum Gasteiger partial charge on any atom is -0.462 e. The van der Waals surface area contributed by atoms with E-state index in [1.165, 1.54) is 12.0 Å². The Morgan fingerprint density at radius 2 is 2.27 bits per heavy atom. The van der Waals surface area contributed by atoms with Gasteiger partial charge in [-0.15, -0.1) is 11.3 Å². The molecule has 0 N–H and O–H groups in total. The predicted molar refractivity (Wildman–Crippen MR) is 81.5 cm³/mol. The molecule has 2 heterocycles. The van der Waals surface area contributed by atoms with Gasteiger partial charge in [0.2, 0.25) is 0 Å². The van der Waals surface area contributed by atoms with Gasteiger partial charge in [-0.25, -0.2) is 9.78 Å². The number of carbonyl (C=O) groups excluding carboxylic acids is 2. The second-order valence-electron chi connectivity index (χ2n) is 5.19. The zero-order valence-electron chi connectivity index (χ0n) is 12.3. The zero-order valence-corrected chi connectivity index (χ0v) is 13.1. The van der Waals surface area contributed by atoms with Crippen LogP contribution in [-0.4, -0.2) is 48.1 Å². The number of fused-ring (bicyclic) bond motifs is 1. The molecule has 1 aliphatic heterocycles. The Bertz CT molecular complexity index is 714. The number of nitrogens with zero attached hydrogens (tertiary/aromatic N) is 2. The molecule has 0 spiro atoms. The van der Waals surface area contributed by atoms with Crippen molar-refractivity contribution < 1.29 is 19.1 Å². The third-order valence-corrected chi connectivity index (χ3v) is 4.54. The maximum absolute atomic E-state index is 12.3. The molecule has 0 saturated carbocycles. The quantitative estimate of drug-likeness (QED) is 0.591. The van der Waals surface area contributed by atoms with Crippen molar-refractivity contribution in [2.45, 2.75) is 19.1 Å². The normalized spacial score (nSPS) is 21.8. The molecule has 22 heavy (non-hydrogen) atoms. The second kappa shape index (κ2) is 6.02. The minimum atomic E-state index is -0.853. The van der Waals surface area contributed by atoms with E-state index in [1.54, 1.807) is 16.8 Å². The summed E-state index contributed by atoms with van der Waals surface area (Å²) in [6.45, 7) is 2.57. The van der Waals surface area contributed by atoms with Gasteiger partial charge in [0.1, 0.15) is 0 Å². The number of benzene rings is 1. The molecule has 0 bridgehead atoms. The molecule has 1 aliphatic rings. The Hall–Kier alpha value is -1.99. The summed E-state index contributed by atoms with van der Waals surface area (Å²) in [4.78, 5) is 29.7. The fourth-order valence-corrected chi connectivity index (χ4v) is 3.25. The molecule has 0 radical (unpaired) electrons. The highest BCUT2D eigenvalue weighted by Gasteiger charge is 2.35. The maximum Gasteiger partial charge on any atom is 0.396 e. The molecule has 6 nitrogen and oxygen atoms in total. The number of rotatable bonds is 1. The lowest BCUT2D eigenvalue weighted by Gasteiger charge is -2.38. The molecular weight excluding hydrogens is 304 g/mol. The van der Waals surface area contributed by atoms with Crippen LogP contribution in [0.4, 0.5) is 0 Å². The van der Waals surface area contributed by atoms with Gasteiger partial charge in [-0.2, -0.15) is 0 Å². The Balaban J connectivity index is 1.94. The van der Waals surface area contributed by atoms with E-state index in [0.29, 0.717) is 13.2 Å². The van der Waals surface area contributed by atoms with Crippen LogP contribution in [0.2, 0.25) is 0 Å². The van der Waals surface area contributed by atoms with Crippen molar-refractivity contribution in [1.29, 1.82) is 0 Å². The highest BCUT2D eigenvalue weighted by molar-refractivity contribution is 7.16. The van der Waals surface area contributed by atoms with Crippen LogP contribution in [0.5, 0.6) is 0 Å². The lowest BCUT2D eigenvalue weighted by Crippen LogP contribution is -2.49. The summed E-state index contributed by atoms with van der Waals surface area (Å²) in [6.07, 6.45) is -0.118. The molecule has 1 amide bonds. The topological polar surface area (TPSA) is 68.7 Å². The Morgan fingerprint density at radius 3 is 3.05 bits per heavy atom. The van der Waals surface area contributed by atoms with Crippen LogP contribution in [0.1, 0.15) is 18.5 Å². The van der Waals surface area contributed by atoms with E-state index < -0.39 is 11.9 Å². The third-order valence-electron chi connectivity index (χ3n) is 3.73. The van der Waals surface area contributed by atoms with E-state index in [-0.39, 0.29) is 12.1 Å². The van der Waals surface area contributed by atoms with Gasteiger partial charge in [0.15, 0.2) is 0 Å². The first-order valence-corrected chi connectivity index (χ1v) is 7.81. The zero-order chi connectivity index (χ0) is 15.7. The molecule has 116 valence electrons. The molecule has 0 aliphatic carbocycles. The highest BCUT2D eigenvalue weighted by Crippen LogP contribution is 2.29. The van der Waals surface area contributed by atoms with Crippen molar-refractivity contribution in [3.8, 4) is 0 Å². The lowest BCUT2D eigenvalue weighted by molar-refractivity contribution is -0.165. The summed E-state index contributed by atoms with van der Waals surface area (Å²) in [5.74, 6) is -1.49. The monoisotopic (exact) mass is 320 g/mol. The van der Waals surface area contributed by atoms with E-state index >= 15 is 0 Å². The number of ether oxygens (including phenoxy) is 2. The van der Waals surface area contributed by atoms with Gasteiger partial charge in [-0.3, -0.25) is 4.79 Å².